The van der Waals surface area contributed by atoms with Crippen LogP contribution in [0.4, 0.5) is 10.5 Å². The molecule has 17 heavy (non-hydrogen) atoms. The Hall–Kier alpha value is -1.56. The molecule has 7 heteroatoms. The lowest BCUT2D eigenvalue weighted by atomic mass is 10.2. The molecule has 0 spiro atoms. The molecule has 0 saturated carbocycles. The van der Waals surface area contributed by atoms with Crippen LogP contribution >= 0.6 is 11.6 Å². The van der Waals surface area contributed by atoms with Gasteiger partial charge >= 0.3 is 6.09 Å². The van der Waals surface area contributed by atoms with E-state index in [2.05, 4.69) is 15.1 Å². The van der Waals surface area contributed by atoms with Crippen molar-refractivity contribution >= 4 is 23.4 Å². The van der Waals surface area contributed by atoms with Crippen molar-refractivity contribution in [3.8, 4) is 0 Å². The zero-order valence-electron chi connectivity index (χ0n) is 9.38. The molecular weight excluding hydrogens is 244 g/mol. The lowest BCUT2D eigenvalue weighted by Crippen LogP contribution is -2.38. The van der Waals surface area contributed by atoms with Gasteiger partial charge in [0.1, 0.15) is 0 Å². The number of carbonyl (C=O) groups is 1. The third-order valence-corrected chi connectivity index (χ3v) is 3.17. The summed E-state index contributed by atoms with van der Waals surface area (Å²) in [5.41, 5.74) is 0.881. The lowest BCUT2D eigenvalue weighted by Gasteiger charge is -2.22. The number of hydrogen-bond acceptors (Lipinski definition) is 4. The second kappa shape index (κ2) is 4.75. The van der Waals surface area contributed by atoms with Crippen molar-refractivity contribution in [2.75, 3.05) is 25.0 Å². The fourth-order valence-electron chi connectivity index (χ4n) is 1.95. The standard InChI is InChI=1S/C10H13ClN4O2/c1-14(10(16)17)7-2-3-15(6-7)8-4-9(11)13-12-5-8/h4-5,7H,2-3,6H2,1H3,(H,16,17). The molecule has 6 nitrogen and oxygen atoms in total. The lowest BCUT2D eigenvalue weighted by molar-refractivity contribution is 0.142. The van der Waals surface area contributed by atoms with Gasteiger partial charge in [-0.25, -0.2) is 4.79 Å². The molecular formula is C10H13ClN4O2. The quantitative estimate of drug-likeness (QED) is 0.864. The van der Waals surface area contributed by atoms with Gasteiger partial charge in [0.2, 0.25) is 0 Å². The van der Waals surface area contributed by atoms with Gasteiger partial charge in [-0.3, -0.25) is 0 Å². The third-order valence-electron chi connectivity index (χ3n) is 2.99. The van der Waals surface area contributed by atoms with Crippen LogP contribution in [0.5, 0.6) is 0 Å². The smallest absolute Gasteiger partial charge is 0.407 e. The Labute approximate surface area is 104 Å². The number of nitrogens with zero attached hydrogens (tertiary/aromatic N) is 4. The maximum atomic E-state index is 10.8. The van der Waals surface area contributed by atoms with Crippen LogP contribution in [-0.4, -0.2) is 52.5 Å². The number of anilines is 1. The monoisotopic (exact) mass is 256 g/mol. The molecule has 0 aliphatic carbocycles. The van der Waals surface area contributed by atoms with E-state index in [9.17, 15) is 4.79 Å². The Morgan fingerprint density at radius 3 is 3.12 bits per heavy atom. The van der Waals surface area contributed by atoms with E-state index in [1.165, 1.54) is 4.90 Å². The van der Waals surface area contributed by atoms with E-state index in [1.807, 2.05) is 0 Å². The van der Waals surface area contributed by atoms with Crippen LogP contribution in [0.15, 0.2) is 12.3 Å². The van der Waals surface area contributed by atoms with Gasteiger partial charge in [0.05, 0.1) is 17.9 Å². The summed E-state index contributed by atoms with van der Waals surface area (Å²) in [6.07, 6.45) is 1.54. The molecule has 2 rings (SSSR count). The highest BCUT2D eigenvalue weighted by atomic mass is 35.5. The van der Waals surface area contributed by atoms with Gasteiger partial charge in [-0.1, -0.05) is 11.6 Å². The van der Waals surface area contributed by atoms with Crippen molar-refractivity contribution in [2.24, 2.45) is 0 Å². The van der Waals surface area contributed by atoms with Gasteiger partial charge < -0.3 is 14.9 Å². The zero-order chi connectivity index (χ0) is 12.4. The summed E-state index contributed by atoms with van der Waals surface area (Å²) in [4.78, 5) is 14.3. The van der Waals surface area contributed by atoms with Crippen LogP contribution in [0.1, 0.15) is 6.42 Å². The van der Waals surface area contributed by atoms with Crippen LogP contribution in [0.3, 0.4) is 0 Å². The Morgan fingerprint density at radius 1 is 1.71 bits per heavy atom. The summed E-state index contributed by atoms with van der Waals surface area (Å²) in [5, 5.41) is 16.7. The first-order valence-corrected chi connectivity index (χ1v) is 5.64. The van der Waals surface area contributed by atoms with Crippen molar-refractivity contribution in [3.05, 3.63) is 17.4 Å². The molecule has 1 aromatic rings. The van der Waals surface area contributed by atoms with Crippen molar-refractivity contribution in [3.63, 3.8) is 0 Å². The van der Waals surface area contributed by atoms with E-state index in [0.29, 0.717) is 11.7 Å². The summed E-state index contributed by atoms with van der Waals surface area (Å²) in [5.74, 6) is 0. The van der Waals surface area contributed by atoms with Gasteiger partial charge in [-0.15, -0.1) is 5.10 Å². The van der Waals surface area contributed by atoms with Crippen LogP contribution in [0.25, 0.3) is 0 Å². The fraction of sp³-hybridized carbons (Fsp3) is 0.500. The molecule has 1 aliphatic heterocycles. The Kier molecular flexibility index (Phi) is 3.33. The molecule has 1 aliphatic rings. The first-order valence-electron chi connectivity index (χ1n) is 5.27. The van der Waals surface area contributed by atoms with E-state index in [1.54, 1.807) is 19.3 Å². The van der Waals surface area contributed by atoms with E-state index < -0.39 is 6.09 Å². The molecule has 2 heterocycles. The summed E-state index contributed by atoms with van der Waals surface area (Å²) >= 11 is 5.77. The van der Waals surface area contributed by atoms with Gasteiger partial charge in [-0.05, 0) is 6.42 Å². The summed E-state index contributed by atoms with van der Waals surface area (Å²) in [6, 6.07) is 1.75. The maximum Gasteiger partial charge on any atom is 0.407 e. The molecule has 1 amide bonds. The fourth-order valence-corrected chi connectivity index (χ4v) is 2.11. The average Bonchev–Trinajstić information content (AvgIpc) is 2.77. The van der Waals surface area contributed by atoms with Crippen LogP contribution in [0.2, 0.25) is 5.15 Å². The highest BCUT2D eigenvalue weighted by Crippen LogP contribution is 2.23. The van der Waals surface area contributed by atoms with Gasteiger partial charge in [-0.2, -0.15) is 5.10 Å². The van der Waals surface area contributed by atoms with Crippen LogP contribution in [-0.2, 0) is 0 Å². The summed E-state index contributed by atoms with van der Waals surface area (Å²) in [6.45, 7) is 1.45. The maximum absolute atomic E-state index is 10.8. The number of carboxylic acid groups (broad SMARTS) is 1. The van der Waals surface area contributed by atoms with Gasteiger partial charge in [0.25, 0.3) is 0 Å². The molecule has 0 bridgehead atoms. The SMILES string of the molecule is CN(C(=O)O)C1CCN(c2cnnc(Cl)c2)C1. The zero-order valence-corrected chi connectivity index (χ0v) is 10.1. The van der Waals surface area contributed by atoms with Crippen LogP contribution < -0.4 is 4.90 Å². The normalized spacial score (nSPS) is 19.4. The van der Waals surface area contributed by atoms with E-state index in [-0.39, 0.29) is 6.04 Å². The molecule has 1 unspecified atom stereocenters. The molecule has 1 aromatic heterocycles. The first-order chi connectivity index (χ1) is 8.08. The first kappa shape index (κ1) is 11.9. The minimum atomic E-state index is -0.900. The van der Waals surface area contributed by atoms with Crippen molar-refractivity contribution in [1.82, 2.24) is 15.1 Å². The van der Waals surface area contributed by atoms with E-state index >= 15 is 0 Å². The summed E-state index contributed by atoms with van der Waals surface area (Å²) < 4.78 is 0. The topological polar surface area (TPSA) is 69.6 Å². The Morgan fingerprint density at radius 2 is 2.47 bits per heavy atom. The highest BCUT2D eigenvalue weighted by Gasteiger charge is 2.28. The van der Waals surface area contributed by atoms with Crippen LogP contribution in [0, 0.1) is 0 Å². The number of halogens is 1. The van der Waals surface area contributed by atoms with E-state index in [0.717, 1.165) is 18.7 Å². The molecule has 1 N–H and O–H groups in total. The number of likely N-dealkylation sites (N-methyl/N-ethyl adjacent to an activating group) is 1. The number of hydrogen-bond donors (Lipinski definition) is 1. The summed E-state index contributed by atoms with van der Waals surface area (Å²) in [7, 11) is 1.59. The molecule has 1 atom stereocenters. The number of amides is 1. The molecule has 0 radical (unpaired) electrons. The van der Waals surface area contributed by atoms with Gasteiger partial charge in [0, 0.05) is 26.2 Å². The predicted octanol–water partition coefficient (Wildman–Crippen LogP) is 1.32. The second-order valence-corrected chi connectivity index (χ2v) is 4.41. The van der Waals surface area contributed by atoms with Crippen molar-refractivity contribution in [2.45, 2.75) is 12.5 Å². The van der Waals surface area contributed by atoms with Gasteiger partial charge in [0.15, 0.2) is 5.15 Å². The third kappa shape index (κ3) is 2.58. The average molecular weight is 257 g/mol. The molecule has 92 valence electrons. The molecule has 0 aromatic carbocycles. The largest absolute Gasteiger partial charge is 0.465 e. The van der Waals surface area contributed by atoms with E-state index in [4.69, 9.17) is 16.7 Å². The number of rotatable bonds is 2. The molecule has 1 saturated heterocycles. The highest BCUT2D eigenvalue weighted by molar-refractivity contribution is 6.29. The van der Waals surface area contributed by atoms with Crippen molar-refractivity contribution < 1.29 is 9.90 Å². The van der Waals surface area contributed by atoms with Crippen molar-refractivity contribution in [1.29, 1.82) is 0 Å². The Bertz CT molecular complexity index is 429. The minimum Gasteiger partial charge on any atom is -0.465 e. The number of aromatic nitrogens is 2. The Balaban J connectivity index is 2.05. The molecule has 1 fully saturated rings. The second-order valence-electron chi connectivity index (χ2n) is 4.02. The predicted molar refractivity (Wildman–Crippen MR) is 63.4 cm³/mol. The minimum absolute atomic E-state index is 0.0134.